The first-order valence-electron chi connectivity index (χ1n) is 12.5. The number of hydrogen-bond donors (Lipinski definition) is 2. The molecule has 8 heteroatoms. The van der Waals surface area contributed by atoms with Crippen molar-refractivity contribution in [1.29, 1.82) is 0 Å². The Bertz CT molecular complexity index is 1170. The van der Waals surface area contributed by atoms with Crippen LogP contribution < -0.4 is 16.4 Å². The molecule has 0 aliphatic carbocycles. The van der Waals surface area contributed by atoms with Crippen LogP contribution in [0, 0.1) is 13.8 Å². The third kappa shape index (κ3) is 4.89. The topological polar surface area (TPSA) is 122 Å². The lowest BCUT2D eigenvalue weighted by Crippen LogP contribution is -2.37. The highest BCUT2D eigenvalue weighted by Gasteiger charge is 2.37. The monoisotopic (exact) mass is 479 g/mol. The van der Waals surface area contributed by atoms with Gasteiger partial charge in [0.1, 0.15) is 0 Å². The highest BCUT2D eigenvalue weighted by Crippen LogP contribution is 2.39. The third-order valence-corrected chi connectivity index (χ3v) is 7.41. The number of carbonyl (C=O) groups is 1. The lowest BCUT2D eigenvalue weighted by molar-refractivity contribution is 0.0982. The van der Waals surface area contributed by atoms with Crippen molar-refractivity contribution in [1.82, 2.24) is 0 Å². The Morgan fingerprint density at radius 1 is 0.857 bits per heavy atom. The average Bonchev–Trinajstić information content (AvgIpc) is 3.65. The molecule has 6 rings (SSSR count). The van der Waals surface area contributed by atoms with Crippen molar-refractivity contribution in [3.63, 3.8) is 0 Å². The summed E-state index contributed by atoms with van der Waals surface area (Å²) in [6, 6.07) is 5.68. The molecule has 186 valence electrons. The van der Waals surface area contributed by atoms with Crippen LogP contribution in [0.3, 0.4) is 0 Å². The van der Waals surface area contributed by atoms with Crippen molar-refractivity contribution < 1.29 is 23.7 Å². The van der Waals surface area contributed by atoms with Crippen LogP contribution in [0.25, 0.3) is 0 Å². The summed E-state index contributed by atoms with van der Waals surface area (Å²) in [6.45, 7) is 7.34. The number of benzene rings is 2. The highest BCUT2D eigenvalue weighted by atomic mass is 16.6. The Morgan fingerprint density at radius 2 is 1.40 bits per heavy atom. The molecule has 35 heavy (non-hydrogen) atoms. The number of ether oxygens (including phenoxy) is 4. The van der Waals surface area contributed by atoms with Gasteiger partial charge in [-0.15, -0.1) is 0 Å². The molecule has 0 bridgehead atoms. The number of rotatable bonds is 10. The Kier molecular flexibility index (Phi) is 5.72. The van der Waals surface area contributed by atoms with E-state index in [2.05, 4.69) is 0 Å². The van der Waals surface area contributed by atoms with Crippen molar-refractivity contribution in [2.24, 2.45) is 0 Å². The molecule has 2 aromatic rings. The van der Waals surface area contributed by atoms with Gasteiger partial charge < -0.3 is 35.3 Å². The molecule has 4 saturated heterocycles. The Morgan fingerprint density at radius 3 is 1.94 bits per heavy atom. The molecular weight excluding hydrogens is 446 g/mol. The van der Waals surface area contributed by atoms with Gasteiger partial charge in [0.25, 0.3) is 5.91 Å². The first-order valence-corrected chi connectivity index (χ1v) is 12.5. The van der Waals surface area contributed by atoms with Gasteiger partial charge in [0.15, 0.2) is 0 Å². The van der Waals surface area contributed by atoms with Crippen molar-refractivity contribution in [3.05, 3.63) is 51.6 Å². The van der Waals surface area contributed by atoms with Gasteiger partial charge in [-0.05, 0) is 59.9 Å². The molecule has 0 radical (unpaired) electrons. The summed E-state index contributed by atoms with van der Waals surface area (Å²) in [7, 11) is 0. The predicted octanol–water partition coefficient (Wildman–Crippen LogP) is 2.34. The quantitative estimate of drug-likeness (QED) is 0.396. The minimum atomic E-state index is -0.0301. The molecule has 4 fully saturated rings. The fraction of sp³-hybridized carbons (Fsp3) is 0.519. The second-order valence-electron chi connectivity index (χ2n) is 10.2. The van der Waals surface area contributed by atoms with Gasteiger partial charge >= 0.3 is 0 Å². The van der Waals surface area contributed by atoms with Crippen molar-refractivity contribution in [2.45, 2.75) is 57.5 Å². The second kappa shape index (κ2) is 8.78. The van der Waals surface area contributed by atoms with E-state index in [4.69, 9.17) is 30.4 Å². The van der Waals surface area contributed by atoms with E-state index in [-0.39, 0.29) is 30.3 Å². The number of nitrogen functional groups attached to an aromatic ring is 2. The average molecular weight is 480 g/mol. The summed E-state index contributed by atoms with van der Waals surface area (Å²) in [5.74, 6) is -0.0301. The summed E-state index contributed by atoms with van der Waals surface area (Å²) in [5.41, 5.74) is 20.8. The van der Waals surface area contributed by atoms with Gasteiger partial charge in [-0.3, -0.25) is 4.79 Å². The number of epoxide rings is 4. The maximum absolute atomic E-state index is 14.5. The Balaban J connectivity index is 1.49. The number of anilines is 3. The molecular formula is C27H33N3O5. The zero-order valence-electron chi connectivity index (χ0n) is 20.3. The normalized spacial score (nSPS) is 25.9. The van der Waals surface area contributed by atoms with Crippen LogP contribution in [0.2, 0.25) is 0 Å². The molecule has 4 N–H and O–H groups in total. The molecule has 0 saturated carbocycles. The maximum Gasteiger partial charge on any atom is 0.258 e. The Labute approximate surface area is 205 Å². The van der Waals surface area contributed by atoms with Crippen molar-refractivity contribution in [2.75, 3.05) is 49.3 Å². The fourth-order valence-electron chi connectivity index (χ4n) is 5.11. The lowest BCUT2D eigenvalue weighted by Gasteiger charge is -2.29. The zero-order chi connectivity index (χ0) is 24.3. The SMILES string of the molecule is Cc1cc(N)ccc1N(CC1CO1)C(=O)c1c(C)c(CC2CO2)c(N)c(CC2CO2)c1CC1CO1. The van der Waals surface area contributed by atoms with E-state index in [0.29, 0.717) is 44.7 Å². The summed E-state index contributed by atoms with van der Waals surface area (Å²) in [6.07, 6.45) is 2.57. The molecule has 2 aromatic carbocycles. The summed E-state index contributed by atoms with van der Waals surface area (Å²) in [4.78, 5) is 16.4. The molecule has 4 heterocycles. The largest absolute Gasteiger partial charge is 0.399 e. The number of nitrogens with zero attached hydrogens (tertiary/aromatic N) is 1. The van der Waals surface area contributed by atoms with E-state index >= 15 is 0 Å². The van der Waals surface area contributed by atoms with Gasteiger partial charge in [-0.25, -0.2) is 0 Å². The van der Waals surface area contributed by atoms with Gasteiger partial charge in [0.05, 0.1) is 57.4 Å². The minimum Gasteiger partial charge on any atom is -0.399 e. The van der Waals surface area contributed by atoms with E-state index in [1.807, 2.05) is 36.9 Å². The molecule has 8 nitrogen and oxygen atoms in total. The lowest BCUT2D eigenvalue weighted by atomic mass is 9.84. The van der Waals surface area contributed by atoms with Crippen LogP contribution in [0.15, 0.2) is 18.2 Å². The number of aryl methyl sites for hydroxylation is 1. The number of nitrogens with two attached hydrogens (primary N) is 2. The van der Waals surface area contributed by atoms with E-state index < -0.39 is 0 Å². The standard InChI is InChI=1S/C27H33N3O5/c1-14-5-16(28)3-4-24(14)30(9-20-13-35-20)27(31)25-15(2)21(6-17-10-32-17)26(29)23(8-19-12-34-19)22(25)7-18-11-33-18/h3-5,17-20H,6-13,28-29H2,1-2H3. The van der Waals surface area contributed by atoms with Crippen LogP contribution >= 0.6 is 0 Å². The van der Waals surface area contributed by atoms with Crippen LogP contribution in [0.5, 0.6) is 0 Å². The first kappa shape index (κ1) is 22.8. The number of hydrogen-bond acceptors (Lipinski definition) is 7. The summed E-state index contributed by atoms with van der Waals surface area (Å²) >= 11 is 0. The van der Waals surface area contributed by atoms with Gasteiger partial charge in [-0.1, -0.05) is 0 Å². The van der Waals surface area contributed by atoms with Crippen molar-refractivity contribution >= 4 is 23.0 Å². The van der Waals surface area contributed by atoms with Crippen LogP contribution in [0.1, 0.15) is 38.2 Å². The smallest absolute Gasteiger partial charge is 0.258 e. The maximum atomic E-state index is 14.5. The molecule has 4 unspecified atom stereocenters. The van der Waals surface area contributed by atoms with Crippen LogP contribution in [-0.4, -0.2) is 63.3 Å². The predicted molar refractivity (Wildman–Crippen MR) is 133 cm³/mol. The molecule has 0 spiro atoms. The zero-order valence-corrected chi connectivity index (χ0v) is 20.3. The number of carbonyl (C=O) groups excluding carboxylic acids is 1. The van der Waals surface area contributed by atoms with Crippen molar-refractivity contribution in [3.8, 4) is 0 Å². The van der Waals surface area contributed by atoms with Gasteiger partial charge in [0.2, 0.25) is 0 Å². The highest BCUT2D eigenvalue weighted by molar-refractivity contribution is 6.09. The summed E-state index contributed by atoms with van der Waals surface area (Å²) in [5, 5.41) is 0. The second-order valence-corrected chi connectivity index (χ2v) is 10.2. The Hall–Kier alpha value is -2.65. The molecule has 4 aliphatic rings. The van der Waals surface area contributed by atoms with Gasteiger partial charge in [0, 0.05) is 41.9 Å². The molecule has 1 amide bonds. The van der Waals surface area contributed by atoms with E-state index in [1.165, 1.54) is 0 Å². The fourth-order valence-corrected chi connectivity index (χ4v) is 5.11. The first-order chi connectivity index (χ1) is 16.9. The van der Waals surface area contributed by atoms with E-state index in [0.717, 1.165) is 58.0 Å². The van der Waals surface area contributed by atoms with Crippen LogP contribution in [0.4, 0.5) is 17.1 Å². The van der Waals surface area contributed by atoms with E-state index in [9.17, 15) is 4.79 Å². The molecule has 4 aliphatic heterocycles. The van der Waals surface area contributed by atoms with Gasteiger partial charge in [-0.2, -0.15) is 0 Å². The molecule has 4 atom stereocenters. The third-order valence-electron chi connectivity index (χ3n) is 7.41. The summed E-state index contributed by atoms with van der Waals surface area (Å²) < 4.78 is 22.3. The number of amides is 1. The minimum absolute atomic E-state index is 0.0301. The van der Waals surface area contributed by atoms with E-state index in [1.54, 1.807) is 0 Å². The van der Waals surface area contributed by atoms with Crippen LogP contribution in [-0.2, 0) is 38.2 Å². The molecule has 0 aromatic heterocycles.